The number of nitrogens with one attached hydrogen (secondary N) is 2. The van der Waals surface area contributed by atoms with Crippen molar-refractivity contribution in [1.29, 1.82) is 5.26 Å². The molecule has 124 valence electrons. The van der Waals surface area contributed by atoms with Gasteiger partial charge >= 0.3 is 0 Å². The van der Waals surface area contributed by atoms with E-state index in [1.807, 2.05) is 36.4 Å². The van der Waals surface area contributed by atoms with E-state index in [0.717, 1.165) is 12.0 Å². The molecular weight excluding hydrogens is 306 g/mol. The third-order valence-corrected chi connectivity index (χ3v) is 3.97. The number of carbonyl (C=O) groups excluding carboxylic acids is 1. The van der Waals surface area contributed by atoms with Crippen LogP contribution in [0.1, 0.15) is 28.0 Å². The van der Waals surface area contributed by atoms with E-state index in [9.17, 15) is 4.79 Å². The van der Waals surface area contributed by atoms with Crippen LogP contribution in [0.4, 0.5) is 0 Å². The molecule has 3 rings (SSSR count). The highest BCUT2D eigenvalue weighted by atomic mass is 16.5. The van der Waals surface area contributed by atoms with Crippen LogP contribution in [-0.4, -0.2) is 36.3 Å². The summed E-state index contributed by atoms with van der Waals surface area (Å²) in [7, 11) is 0. The maximum absolute atomic E-state index is 12.3. The molecule has 1 aliphatic heterocycles. The number of rotatable bonds is 5. The summed E-state index contributed by atoms with van der Waals surface area (Å²) in [5.74, 6) is -0.264. The van der Waals surface area contributed by atoms with Crippen LogP contribution in [0.15, 0.2) is 42.6 Å². The van der Waals surface area contributed by atoms with Gasteiger partial charge in [-0.05, 0) is 18.1 Å². The van der Waals surface area contributed by atoms with Crippen LogP contribution in [0.25, 0.3) is 0 Å². The molecule has 6 heteroatoms. The molecule has 1 amide bonds. The number of amides is 1. The lowest BCUT2D eigenvalue weighted by Crippen LogP contribution is -2.50. The first kappa shape index (κ1) is 16.2. The lowest BCUT2D eigenvalue weighted by molar-refractivity contribution is -0.0605. The fourth-order valence-electron chi connectivity index (χ4n) is 2.67. The highest BCUT2D eigenvalue weighted by Crippen LogP contribution is 2.15. The molecule has 2 aromatic rings. The Morgan fingerprint density at radius 2 is 2.25 bits per heavy atom. The lowest BCUT2D eigenvalue weighted by atomic mass is 10.1. The highest BCUT2D eigenvalue weighted by Gasteiger charge is 2.28. The van der Waals surface area contributed by atoms with Gasteiger partial charge in [0, 0.05) is 12.8 Å². The fraction of sp³-hybridized carbons (Fsp3) is 0.333. The molecule has 2 atom stereocenters. The molecule has 1 aliphatic rings. The van der Waals surface area contributed by atoms with E-state index in [4.69, 9.17) is 14.7 Å². The van der Waals surface area contributed by atoms with Crippen LogP contribution in [-0.2, 0) is 16.1 Å². The van der Waals surface area contributed by atoms with Gasteiger partial charge in [-0.1, -0.05) is 30.3 Å². The van der Waals surface area contributed by atoms with E-state index < -0.39 is 0 Å². The number of nitriles is 1. The molecule has 0 unspecified atom stereocenters. The zero-order valence-corrected chi connectivity index (χ0v) is 13.2. The number of aromatic amines is 1. The molecule has 2 heterocycles. The summed E-state index contributed by atoms with van der Waals surface area (Å²) in [4.78, 5) is 15.1. The van der Waals surface area contributed by atoms with Crippen molar-refractivity contribution in [3.05, 3.63) is 59.4 Å². The first-order valence-electron chi connectivity index (χ1n) is 7.89. The smallest absolute Gasteiger partial charge is 0.268 e. The van der Waals surface area contributed by atoms with E-state index in [0.29, 0.717) is 31.1 Å². The molecule has 0 aliphatic carbocycles. The van der Waals surface area contributed by atoms with Gasteiger partial charge in [0.2, 0.25) is 0 Å². The van der Waals surface area contributed by atoms with Crippen LogP contribution in [0.2, 0.25) is 0 Å². The predicted molar refractivity (Wildman–Crippen MR) is 87.2 cm³/mol. The van der Waals surface area contributed by atoms with Gasteiger partial charge in [0.05, 0.1) is 30.9 Å². The van der Waals surface area contributed by atoms with Gasteiger partial charge in [-0.15, -0.1) is 0 Å². The molecule has 24 heavy (non-hydrogen) atoms. The Hall–Kier alpha value is -2.62. The van der Waals surface area contributed by atoms with Crippen molar-refractivity contribution >= 4 is 5.91 Å². The summed E-state index contributed by atoms with van der Waals surface area (Å²) in [6.45, 7) is 1.53. The average molecular weight is 325 g/mol. The number of H-pyrrole nitrogens is 1. The summed E-state index contributed by atoms with van der Waals surface area (Å²) in [5.41, 5.74) is 1.88. The normalized spacial score (nSPS) is 20.3. The van der Waals surface area contributed by atoms with Crippen molar-refractivity contribution in [1.82, 2.24) is 10.3 Å². The van der Waals surface area contributed by atoms with Gasteiger partial charge in [0.25, 0.3) is 5.91 Å². The largest absolute Gasteiger partial charge is 0.379 e. The van der Waals surface area contributed by atoms with Crippen molar-refractivity contribution in [2.45, 2.75) is 25.2 Å². The molecule has 2 N–H and O–H groups in total. The summed E-state index contributed by atoms with van der Waals surface area (Å²) in [6, 6.07) is 13.2. The summed E-state index contributed by atoms with van der Waals surface area (Å²) >= 11 is 0. The Morgan fingerprint density at radius 3 is 3.00 bits per heavy atom. The van der Waals surface area contributed by atoms with E-state index in [2.05, 4.69) is 10.3 Å². The minimum Gasteiger partial charge on any atom is -0.379 e. The first-order valence-corrected chi connectivity index (χ1v) is 7.89. The van der Waals surface area contributed by atoms with Gasteiger partial charge < -0.3 is 19.8 Å². The molecule has 0 spiro atoms. The van der Waals surface area contributed by atoms with Crippen molar-refractivity contribution in [2.24, 2.45) is 0 Å². The van der Waals surface area contributed by atoms with E-state index in [-0.39, 0.29) is 18.1 Å². The Kier molecular flexibility index (Phi) is 5.26. The minimum atomic E-state index is -0.264. The monoisotopic (exact) mass is 325 g/mol. The number of nitrogens with zero attached hydrogens (tertiary/aromatic N) is 1. The Morgan fingerprint density at radius 1 is 1.42 bits per heavy atom. The second kappa shape index (κ2) is 7.77. The fourth-order valence-corrected chi connectivity index (χ4v) is 2.67. The third kappa shape index (κ3) is 4.02. The van der Waals surface area contributed by atoms with Crippen LogP contribution < -0.4 is 5.32 Å². The van der Waals surface area contributed by atoms with Crippen molar-refractivity contribution in [3.8, 4) is 6.07 Å². The summed E-state index contributed by atoms with van der Waals surface area (Å²) in [5, 5.41) is 11.8. The molecule has 6 nitrogen and oxygen atoms in total. The standard InChI is InChI=1S/C18H19N3O3/c19-9-14-8-15(20-10-14)18(22)21-16-12-23-7-6-17(16)24-11-13-4-2-1-3-5-13/h1-5,8,10,16-17,20H,6-7,11-12H2,(H,21,22)/t16-,17+/m1/s1. The second-order valence-corrected chi connectivity index (χ2v) is 5.69. The molecule has 1 saturated heterocycles. The highest BCUT2D eigenvalue weighted by molar-refractivity contribution is 5.93. The number of hydrogen-bond donors (Lipinski definition) is 2. The van der Waals surface area contributed by atoms with Crippen LogP contribution >= 0.6 is 0 Å². The Balaban J connectivity index is 1.59. The van der Waals surface area contributed by atoms with Crippen molar-refractivity contribution in [2.75, 3.05) is 13.2 Å². The van der Waals surface area contributed by atoms with E-state index in [1.165, 1.54) is 12.3 Å². The molecule has 1 fully saturated rings. The van der Waals surface area contributed by atoms with Crippen LogP contribution in [0, 0.1) is 11.3 Å². The molecule has 0 radical (unpaired) electrons. The minimum absolute atomic E-state index is 0.103. The van der Waals surface area contributed by atoms with Crippen molar-refractivity contribution in [3.63, 3.8) is 0 Å². The summed E-state index contributed by atoms with van der Waals surface area (Å²) in [6.07, 6.45) is 2.13. The molecule has 1 aromatic carbocycles. The molecule has 0 bridgehead atoms. The Labute approximate surface area is 140 Å². The van der Waals surface area contributed by atoms with Crippen LogP contribution in [0.3, 0.4) is 0 Å². The predicted octanol–water partition coefficient (Wildman–Crippen LogP) is 1.99. The van der Waals surface area contributed by atoms with Crippen LogP contribution in [0.5, 0.6) is 0 Å². The maximum Gasteiger partial charge on any atom is 0.268 e. The molecule has 0 saturated carbocycles. The SMILES string of the molecule is N#Cc1c[nH]c(C(=O)N[C@@H]2COCC[C@@H]2OCc2ccccc2)c1. The molecular formula is C18H19N3O3. The number of ether oxygens (including phenoxy) is 2. The van der Waals surface area contributed by atoms with E-state index in [1.54, 1.807) is 0 Å². The number of aromatic nitrogens is 1. The topological polar surface area (TPSA) is 87.1 Å². The third-order valence-electron chi connectivity index (χ3n) is 3.97. The number of benzene rings is 1. The second-order valence-electron chi connectivity index (χ2n) is 5.69. The lowest BCUT2D eigenvalue weighted by Gasteiger charge is -2.32. The van der Waals surface area contributed by atoms with Gasteiger partial charge in [-0.3, -0.25) is 4.79 Å². The zero-order valence-electron chi connectivity index (χ0n) is 13.2. The quantitative estimate of drug-likeness (QED) is 0.880. The van der Waals surface area contributed by atoms with Gasteiger partial charge in [0.15, 0.2) is 0 Å². The van der Waals surface area contributed by atoms with Crippen molar-refractivity contribution < 1.29 is 14.3 Å². The van der Waals surface area contributed by atoms with E-state index >= 15 is 0 Å². The number of hydrogen-bond acceptors (Lipinski definition) is 4. The van der Waals surface area contributed by atoms with Gasteiger partial charge in [-0.2, -0.15) is 5.26 Å². The summed E-state index contributed by atoms with van der Waals surface area (Å²) < 4.78 is 11.5. The molecule has 1 aromatic heterocycles. The Bertz CT molecular complexity index is 721. The zero-order chi connectivity index (χ0) is 16.8. The average Bonchev–Trinajstić information content (AvgIpc) is 3.11. The van der Waals surface area contributed by atoms with Gasteiger partial charge in [-0.25, -0.2) is 0 Å². The first-order chi connectivity index (χ1) is 11.8. The number of carbonyl (C=O) groups is 1. The van der Waals surface area contributed by atoms with Gasteiger partial charge in [0.1, 0.15) is 11.8 Å². The maximum atomic E-state index is 12.3.